The number of nitrogens with one attached hydrogen (secondary N) is 1. The van der Waals surface area contributed by atoms with E-state index in [0.29, 0.717) is 6.04 Å². The first-order valence-corrected chi connectivity index (χ1v) is 7.06. The Hall–Kier alpha value is -0.630. The number of nitrogens with zero attached hydrogens (tertiary/aromatic N) is 2. The molecule has 0 spiro atoms. The fourth-order valence-corrected chi connectivity index (χ4v) is 2.17. The maximum absolute atomic E-state index is 9.29. The van der Waals surface area contributed by atoms with Gasteiger partial charge in [-0.1, -0.05) is 0 Å². The number of rotatable bonds is 9. The van der Waals surface area contributed by atoms with Crippen molar-refractivity contribution in [2.75, 3.05) is 33.4 Å². The average Bonchev–Trinajstić information content (AvgIpc) is 3.19. The van der Waals surface area contributed by atoms with Crippen molar-refractivity contribution >= 4 is 0 Å². The van der Waals surface area contributed by atoms with Crippen LogP contribution in [0.2, 0.25) is 0 Å². The molecule has 18 heavy (non-hydrogen) atoms. The van der Waals surface area contributed by atoms with E-state index in [9.17, 15) is 5.26 Å². The van der Waals surface area contributed by atoms with Crippen molar-refractivity contribution in [3.63, 3.8) is 0 Å². The third kappa shape index (κ3) is 4.93. The molecule has 102 valence electrons. The van der Waals surface area contributed by atoms with Crippen molar-refractivity contribution in [2.45, 2.75) is 44.2 Å². The standard InChI is InChI=1S/C14H25N3O/c1-14(10-15,16-13-5-6-13)11-17(2)7-8-18-9-12-3-4-12/h12-13,16H,3-9,11H2,1-2H3. The monoisotopic (exact) mass is 251 g/mol. The molecule has 1 unspecified atom stereocenters. The molecule has 0 aliphatic heterocycles. The van der Waals surface area contributed by atoms with Gasteiger partial charge in [0.1, 0.15) is 5.54 Å². The van der Waals surface area contributed by atoms with Crippen LogP contribution < -0.4 is 5.32 Å². The Bertz CT molecular complexity index is 307. The SMILES string of the molecule is CN(CCOCC1CC1)CC(C)(C#N)NC1CC1. The maximum Gasteiger partial charge on any atom is 0.116 e. The average molecular weight is 251 g/mol. The fourth-order valence-electron chi connectivity index (χ4n) is 2.17. The summed E-state index contributed by atoms with van der Waals surface area (Å²) in [6.07, 6.45) is 5.11. The Labute approximate surface area is 110 Å². The van der Waals surface area contributed by atoms with E-state index in [-0.39, 0.29) is 0 Å². The first-order chi connectivity index (χ1) is 8.61. The van der Waals surface area contributed by atoms with E-state index in [1.54, 1.807) is 0 Å². The highest BCUT2D eigenvalue weighted by molar-refractivity contribution is 5.08. The van der Waals surface area contributed by atoms with Gasteiger partial charge in [-0.05, 0) is 45.6 Å². The highest BCUT2D eigenvalue weighted by atomic mass is 16.5. The minimum Gasteiger partial charge on any atom is -0.380 e. The summed E-state index contributed by atoms with van der Waals surface area (Å²) in [4.78, 5) is 2.19. The summed E-state index contributed by atoms with van der Waals surface area (Å²) in [5, 5.41) is 12.7. The zero-order chi connectivity index (χ0) is 13.0. The third-order valence-electron chi connectivity index (χ3n) is 3.60. The van der Waals surface area contributed by atoms with Crippen LogP contribution >= 0.6 is 0 Å². The highest BCUT2D eigenvalue weighted by Crippen LogP contribution is 2.28. The second-order valence-electron chi connectivity index (χ2n) is 6.12. The van der Waals surface area contributed by atoms with Gasteiger partial charge in [0.15, 0.2) is 0 Å². The summed E-state index contributed by atoms with van der Waals surface area (Å²) < 4.78 is 5.62. The summed E-state index contributed by atoms with van der Waals surface area (Å²) >= 11 is 0. The van der Waals surface area contributed by atoms with Gasteiger partial charge in [0, 0.05) is 25.7 Å². The zero-order valence-corrected chi connectivity index (χ0v) is 11.6. The van der Waals surface area contributed by atoms with Gasteiger partial charge in [-0.3, -0.25) is 5.32 Å². The zero-order valence-electron chi connectivity index (χ0n) is 11.6. The summed E-state index contributed by atoms with van der Waals surface area (Å²) in [5.41, 5.74) is -0.424. The first-order valence-electron chi connectivity index (χ1n) is 7.06. The lowest BCUT2D eigenvalue weighted by Gasteiger charge is -2.29. The lowest BCUT2D eigenvalue weighted by molar-refractivity contribution is 0.0983. The molecule has 0 heterocycles. The third-order valence-corrected chi connectivity index (χ3v) is 3.60. The Morgan fingerprint density at radius 2 is 2.11 bits per heavy atom. The Balaban J connectivity index is 1.60. The summed E-state index contributed by atoms with van der Waals surface area (Å²) in [6, 6.07) is 2.97. The topological polar surface area (TPSA) is 48.3 Å². The van der Waals surface area contributed by atoms with Crippen LogP contribution in [-0.2, 0) is 4.74 Å². The molecule has 2 fully saturated rings. The molecule has 1 N–H and O–H groups in total. The van der Waals surface area contributed by atoms with Gasteiger partial charge in [0.25, 0.3) is 0 Å². The minimum atomic E-state index is -0.424. The van der Waals surface area contributed by atoms with E-state index >= 15 is 0 Å². The highest BCUT2D eigenvalue weighted by Gasteiger charge is 2.33. The van der Waals surface area contributed by atoms with Crippen molar-refractivity contribution in [1.29, 1.82) is 5.26 Å². The molecule has 2 aliphatic rings. The predicted octanol–water partition coefficient (Wildman–Crippen LogP) is 1.38. The number of ether oxygens (including phenoxy) is 1. The second kappa shape index (κ2) is 6.01. The van der Waals surface area contributed by atoms with Gasteiger partial charge in [0.2, 0.25) is 0 Å². The first kappa shape index (κ1) is 13.8. The molecule has 2 aliphatic carbocycles. The van der Waals surface area contributed by atoms with Gasteiger partial charge in [0.05, 0.1) is 12.7 Å². The molecule has 1 atom stereocenters. The Morgan fingerprint density at radius 3 is 2.67 bits per heavy atom. The minimum absolute atomic E-state index is 0.424. The van der Waals surface area contributed by atoms with Gasteiger partial charge in [-0.25, -0.2) is 0 Å². The largest absolute Gasteiger partial charge is 0.380 e. The molecule has 4 heteroatoms. The van der Waals surface area contributed by atoms with Crippen LogP contribution in [0.25, 0.3) is 0 Å². The van der Waals surface area contributed by atoms with Crippen LogP contribution in [0.4, 0.5) is 0 Å². The number of hydrogen-bond acceptors (Lipinski definition) is 4. The van der Waals surface area contributed by atoms with Crippen molar-refractivity contribution < 1.29 is 4.74 Å². The molecular weight excluding hydrogens is 226 g/mol. The molecule has 0 aromatic rings. The Morgan fingerprint density at radius 1 is 1.39 bits per heavy atom. The van der Waals surface area contributed by atoms with E-state index in [4.69, 9.17) is 4.74 Å². The smallest absolute Gasteiger partial charge is 0.116 e. The number of likely N-dealkylation sites (N-methyl/N-ethyl adjacent to an activating group) is 1. The van der Waals surface area contributed by atoms with E-state index < -0.39 is 5.54 Å². The molecule has 4 nitrogen and oxygen atoms in total. The molecule has 2 rings (SSSR count). The lowest BCUT2D eigenvalue weighted by atomic mass is 10.0. The van der Waals surface area contributed by atoms with Gasteiger partial charge < -0.3 is 9.64 Å². The van der Waals surface area contributed by atoms with E-state index in [2.05, 4.69) is 23.3 Å². The van der Waals surface area contributed by atoms with Crippen LogP contribution in [0.1, 0.15) is 32.6 Å². The normalized spacial score (nSPS) is 22.8. The van der Waals surface area contributed by atoms with Crippen LogP contribution in [-0.4, -0.2) is 49.8 Å². The number of hydrogen-bond donors (Lipinski definition) is 1. The van der Waals surface area contributed by atoms with Gasteiger partial charge >= 0.3 is 0 Å². The quantitative estimate of drug-likeness (QED) is 0.629. The van der Waals surface area contributed by atoms with Crippen LogP contribution in [0.15, 0.2) is 0 Å². The van der Waals surface area contributed by atoms with E-state index in [1.807, 2.05) is 6.92 Å². The van der Waals surface area contributed by atoms with Crippen LogP contribution in [0, 0.1) is 17.2 Å². The van der Waals surface area contributed by atoms with E-state index in [0.717, 1.165) is 32.2 Å². The molecule has 0 amide bonds. The van der Waals surface area contributed by atoms with Crippen molar-refractivity contribution in [2.24, 2.45) is 5.92 Å². The molecular formula is C14H25N3O. The maximum atomic E-state index is 9.29. The lowest BCUT2D eigenvalue weighted by Crippen LogP contribution is -2.50. The molecule has 0 bridgehead atoms. The molecule has 0 saturated heterocycles. The van der Waals surface area contributed by atoms with Crippen molar-refractivity contribution in [3.8, 4) is 6.07 Å². The number of nitriles is 1. The second-order valence-corrected chi connectivity index (χ2v) is 6.12. The van der Waals surface area contributed by atoms with Crippen molar-refractivity contribution in [3.05, 3.63) is 0 Å². The molecule has 0 radical (unpaired) electrons. The van der Waals surface area contributed by atoms with Crippen LogP contribution in [0.3, 0.4) is 0 Å². The predicted molar refractivity (Wildman–Crippen MR) is 71.2 cm³/mol. The fraction of sp³-hybridized carbons (Fsp3) is 0.929. The molecule has 2 saturated carbocycles. The molecule has 0 aromatic carbocycles. The van der Waals surface area contributed by atoms with Gasteiger partial charge in [-0.15, -0.1) is 0 Å². The van der Waals surface area contributed by atoms with Crippen LogP contribution in [0.5, 0.6) is 0 Å². The van der Waals surface area contributed by atoms with Crippen molar-refractivity contribution in [1.82, 2.24) is 10.2 Å². The molecule has 0 aromatic heterocycles. The summed E-state index contributed by atoms with van der Waals surface area (Å²) in [6.45, 7) is 5.34. The van der Waals surface area contributed by atoms with E-state index in [1.165, 1.54) is 25.7 Å². The summed E-state index contributed by atoms with van der Waals surface area (Å²) in [7, 11) is 2.06. The Kier molecular flexibility index (Phi) is 4.60. The van der Waals surface area contributed by atoms with Gasteiger partial charge in [-0.2, -0.15) is 5.26 Å². The summed E-state index contributed by atoms with van der Waals surface area (Å²) in [5.74, 6) is 0.830.